The highest BCUT2D eigenvalue weighted by molar-refractivity contribution is 5.92. The lowest BCUT2D eigenvalue weighted by atomic mass is 10.3. The highest BCUT2D eigenvalue weighted by Crippen LogP contribution is 2.29. The number of methoxy groups -OCH3 is 2. The van der Waals surface area contributed by atoms with Gasteiger partial charge in [-0.25, -0.2) is 4.99 Å². The molecule has 0 aliphatic rings. The number of ether oxygens (including phenoxy) is 2. The first-order valence-electron chi connectivity index (χ1n) is 6.82. The summed E-state index contributed by atoms with van der Waals surface area (Å²) >= 11 is 0. The van der Waals surface area contributed by atoms with Crippen LogP contribution < -0.4 is 20.5 Å². The summed E-state index contributed by atoms with van der Waals surface area (Å²) < 4.78 is 12.2. The second-order valence-corrected chi connectivity index (χ2v) is 4.80. The predicted molar refractivity (Wildman–Crippen MR) is 86.4 cm³/mol. The van der Waals surface area contributed by atoms with Gasteiger partial charge in [-0.3, -0.25) is 4.68 Å². The number of hydrogen-bond donors (Lipinski definition) is 2. The molecule has 1 heterocycles. The summed E-state index contributed by atoms with van der Waals surface area (Å²) in [7, 11) is 5.07. The second kappa shape index (κ2) is 6.84. The van der Waals surface area contributed by atoms with Gasteiger partial charge in [0.15, 0.2) is 17.5 Å². The molecule has 0 fully saturated rings. The number of nitrogens with zero attached hydrogens (tertiary/aromatic N) is 3. The monoisotopic (exact) mass is 303 g/mol. The smallest absolute Gasteiger partial charge is 0.193 e. The summed E-state index contributed by atoms with van der Waals surface area (Å²) in [6.45, 7) is 2.40. The fraction of sp³-hybridized carbons (Fsp3) is 0.333. The van der Waals surface area contributed by atoms with E-state index in [0.717, 1.165) is 17.1 Å². The maximum absolute atomic E-state index is 5.91. The molecule has 0 unspecified atom stereocenters. The molecule has 0 amide bonds. The first-order chi connectivity index (χ1) is 10.5. The van der Waals surface area contributed by atoms with Gasteiger partial charge >= 0.3 is 0 Å². The van der Waals surface area contributed by atoms with Gasteiger partial charge < -0.3 is 20.5 Å². The second-order valence-electron chi connectivity index (χ2n) is 4.80. The molecule has 0 atom stereocenters. The lowest BCUT2D eigenvalue weighted by molar-refractivity contribution is 0.355. The van der Waals surface area contributed by atoms with Crippen molar-refractivity contribution in [2.75, 3.05) is 19.5 Å². The van der Waals surface area contributed by atoms with Crippen molar-refractivity contribution in [1.29, 1.82) is 0 Å². The van der Waals surface area contributed by atoms with Crippen molar-refractivity contribution in [1.82, 2.24) is 9.78 Å². The van der Waals surface area contributed by atoms with Crippen molar-refractivity contribution in [2.24, 2.45) is 17.8 Å². The Labute approximate surface area is 129 Å². The van der Waals surface area contributed by atoms with Crippen molar-refractivity contribution in [3.05, 3.63) is 35.7 Å². The fourth-order valence-corrected chi connectivity index (χ4v) is 2.08. The highest BCUT2D eigenvalue weighted by atomic mass is 16.5. The Hall–Kier alpha value is -2.70. The summed E-state index contributed by atoms with van der Waals surface area (Å²) in [5.74, 6) is 1.61. The minimum Gasteiger partial charge on any atom is -0.493 e. The van der Waals surface area contributed by atoms with Gasteiger partial charge in [0.1, 0.15) is 0 Å². The molecule has 1 aromatic carbocycles. The third kappa shape index (κ3) is 3.69. The standard InChI is InChI=1S/C15H21N5O2/c1-10-7-12(20(2)19-10)9-17-15(16)18-11-5-6-13(21-3)14(8-11)22-4/h5-8H,9H2,1-4H3,(H3,16,17,18). The van der Waals surface area contributed by atoms with Crippen LogP contribution in [0.4, 0.5) is 5.69 Å². The van der Waals surface area contributed by atoms with Gasteiger partial charge in [0.2, 0.25) is 0 Å². The third-order valence-corrected chi connectivity index (χ3v) is 3.17. The van der Waals surface area contributed by atoms with Gasteiger partial charge in [-0.1, -0.05) is 0 Å². The number of guanidine groups is 1. The summed E-state index contributed by atoms with van der Waals surface area (Å²) in [5.41, 5.74) is 8.64. The van der Waals surface area contributed by atoms with Gasteiger partial charge in [-0.15, -0.1) is 0 Å². The maximum Gasteiger partial charge on any atom is 0.193 e. The van der Waals surface area contributed by atoms with E-state index in [0.29, 0.717) is 24.0 Å². The van der Waals surface area contributed by atoms with E-state index < -0.39 is 0 Å². The van der Waals surface area contributed by atoms with Crippen LogP contribution in [0.5, 0.6) is 11.5 Å². The average Bonchev–Trinajstić information content (AvgIpc) is 2.82. The first-order valence-corrected chi connectivity index (χ1v) is 6.82. The molecule has 7 heteroatoms. The topological polar surface area (TPSA) is 86.7 Å². The minimum absolute atomic E-state index is 0.325. The molecule has 0 saturated carbocycles. The Kier molecular flexibility index (Phi) is 4.88. The molecule has 0 saturated heterocycles. The fourth-order valence-electron chi connectivity index (χ4n) is 2.08. The molecule has 3 N–H and O–H groups in total. The number of anilines is 1. The van der Waals surface area contributed by atoms with E-state index in [4.69, 9.17) is 15.2 Å². The normalized spacial score (nSPS) is 11.4. The van der Waals surface area contributed by atoms with Crippen molar-refractivity contribution in [2.45, 2.75) is 13.5 Å². The molecule has 0 aliphatic carbocycles. The molecule has 2 rings (SSSR count). The molecule has 118 valence electrons. The lowest BCUT2D eigenvalue weighted by Gasteiger charge is -2.10. The predicted octanol–water partition coefficient (Wildman–Crippen LogP) is 1.67. The van der Waals surface area contributed by atoms with Crippen LogP contribution >= 0.6 is 0 Å². The number of hydrogen-bond acceptors (Lipinski definition) is 4. The number of aromatic nitrogens is 2. The van der Waals surface area contributed by atoms with Gasteiger partial charge in [-0.2, -0.15) is 5.10 Å². The van der Waals surface area contributed by atoms with Crippen molar-refractivity contribution >= 4 is 11.6 Å². The van der Waals surface area contributed by atoms with Crippen LogP contribution in [0.2, 0.25) is 0 Å². The highest BCUT2D eigenvalue weighted by Gasteiger charge is 2.05. The van der Waals surface area contributed by atoms with E-state index in [1.54, 1.807) is 31.0 Å². The first kappa shape index (κ1) is 15.7. The van der Waals surface area contributed by atoms with Crippen LogP contribution in [0.1, 0.15) is 11.4 Å². The van der Waals surface area contributed by atoms with E-state index in [-0.39, 0.29) is 0 Å². The van der Waals surface area contributed by atoms with Crippen LogP contribution in [-0.2, 0) is 13.6 Å². The van der Waals surface area contributed by atoms with Crippen LogP contribution in [0.3, 0.4) is 0 Å². The molecular weight excluding hydrogens is 282 g/mol. The summed E-state index contributed by atoms with van der Waals surface area (Å²) in [4.78, 5) is 4.31. The number of rotatable bonds is 5. The number of aliphatic imine (C=N–C) groups is 1. The molecule has 1 aromatic heterocycles. The quantitative estimate of drug-likeness (QED) is 0.648. The lowest BCUT2D eigenvalue weighted by Crippen LogP contribution is -2.22. The molecule has 22 heavy (non-hydrogen) atoms. The SMILES string of the molecule is COc1ccc(NC(N)=NCc2cc(C)nn2C)cc1OC. The van der Waals surface area contributed by atoms with Gasteiger partial charge in [-0.05, 0) is 25.1 Å². The van der Waals surface area contributed by atoms with E-state index in [1.807, 2.05) is 26.1 Å². The molecule has 0 aliphatic heterocycles. The number of nitrogens with two attached hydrogens (primary N) is 1. The number of nitrogens with one attached hydrogen (secondary N) is 1. The Morgan fingerprint density at radius 2 is 2.00 bits per heavy atom. The largest absolute Gasteiger partial charge is 0.493 e. The van der Waals surface area contributed by atoms with E-state index in [9.17, 15) is 0 Å². The number of benzene rings is 1. The van der Waals surface area contributed by atoms with Gasteiger partial charge in [0, 0.05) is 18.8 Å². The Bertz CT molecular complexity index is 679. The zero-order chi connectivity index (χ0) is 16.1. The molecule has 0 bridgehead atoms. The van der Waals surface area contributed by atoms with Crippen LogP contribution in [0.15, 0.2) is 29.3 Å². The average molecular weight is 303 g/mol. The maximum atomic E-state index is 5.91. The van der Waals surface area contributed by atoms with Crippen molar-refractivity contribution < 1.29 is 9.47 Å². The van der Waals surface area contributed by atoms with E-state index >= 15 is 0 Å². The molecule has 0 spiro atoms. The molecule has 7 nitrogen and oxygen atoms in total. The van der Waals surface area contributed by atoms with Gasteiger partial charge in [0.05, 0.1) is 32.2 Å². The van der Waals surface area contributed by atoms with E-state index in [2.05, 4.69) is 15.4 Å². The van der Waals surface area contributed by atoms with Crippen LogP contribution in [-0.4, -0.2) is 30.0 Å². The van der Waals surface area contributed by atoms with Gasteiger partial charge in [0.25, 0.3) is 0 Å². The van der Waals surface area contributed by atoms with E-state index in [1.165, 1.54) is 0 Å². The summed E-state index contributed by atoms with van der Waals surface area (Å²) in [6, 6.07) is 7.43. The Morgan fingerprint density at radius 3 is 2.59 bits per heavy atom. The summed E-state index contributed by atoms with van der Waals surface area (Å²) in [5, 5.41) is 7.30. The zero-order valence-electron chi connectivity index (χ0n) is 13.3. The third-order valence-electron chi connectivity index (χ3n) is 3.17. The van der Waals surface area contributed by atoms with Crippen molar-refractivity contribution in [3.63, 3.8) is 0 Å². The van der Waals surface area contributed by atoms with Crippen LogP contribution in [0, 0.1) is 6.92 Å². The summed E-state index contributed by atoms with van der Waals surface area (Å²) in [6.07, 6.45) is 0. The molecule has 0 radical (unpaired) electrons. The minimum atomic E-state index is 0.325. The molecular formula is C15H21N5O2. The molecule has 2 aromatic rings. The Balaban J connectivity index is 2.06. The van der Waals surface area contributed by atoms with Crippen molar-refractivity contribution in [3.8, 4) is 11.5 Å². The van der Waals surface area contributed by atoms with Crippen LogP contribution in [0.25, 0.3) is 0 Å². The Morgan fingerprint density at radius 1 is 1.27 bits per heavy atom. The zero-order valence-corrected chi connectivity index (χ0v) is 13.3. The number of aryl methyl sites for hydroxylation is 2.